The molecular weight excluding hydrogens is 352 g/mol. The first-order valence-electron chi connectivity index (χ1n) is 9.50. The molecule has 4 rings (SSSR count). The van der Waals surface area contributed by atoms with Gasteiger partial charge in [-0.3, -0.25) is 14.8 Å². The van der Waals surface area contributed by atoms with Gasteiger partial charge in [-0.2, -0.15) is 5.10 Å². The van der Waals surface area contributed by atoms with Crippen molar-refractivity contribution >= 4 is 11.6 Å². The number of amides is 1. The van der Waals surface area contributed by atoms with E-state index in [1.807, 2.05) is 43.3 Å². The number of rotatable bonds is 5. The Hall–Kier alpha value is -2.96. The van der Waals surface area contributed by atoms with Crippen molar-refractivity contribution in [1.29, 1.82) is 0 Å². The second-order valence-corrected chi connectivity index (χ2v) is 7.07. The van der Waals surface area contributed by atoms with Crippen LogP contribution in [0.5, 0.6) is 0 Å². The van der Waals surface area contributed by atoms with Crippen LogP contribution in [-0.4, -0.2) is 47.3 Å². The van der Waals surface area contributed by atoms with Crippen molar-refractivity contribution in [3.8, 4) is 11.3 Å². The number of benzene rings is 2. The molecule has 1 aliphatic heterocycles. The number of H-pyrrole nitrogens is 1. The normalized spacial score (nSPS) is 14.8. The molecule has 6 heteroatoms. The molecule has 0 unspecified atom stereocenters. The van der Waals surface area contributed by atoms with Crippen molar-refractivity contribution in [2.24, 2.45) is 0 Å². The molecule has 28 heavy (non-hydrogen) atoms. The van der Waals surface area contributed by atoms with Gasteiger partial charge < -0.3 is 10.1 Å². The first-order valence-corrected chi connectivity index (χ1v) is 9.50. The van der Waals surface area contributed by atoms with Gasteiger partial charge in [-0.15, -0.1) is 0 Å². The molecule has 144 valence electrons. The molecule has 0 atom stereocenters. The number of nitrogens with one attached hydrogen (secondary N) is 2. The number of nitrogens with zero attached hydrogens (tertiary/aromatic N) is 2. The molecule has 1 aromatic heterocycles. The lowest BCUT2D eigenvalue weighted by molar-refractivity contribution is 0.0342. The van der Waals surface area contributed by atoms with Gasteiger partial charge >= 0.3 is 0 Å². The van der Waals surface area contributed by atoms with Crippen LogP contribution in [-0.2, 0) is 11.3 Å². The summed E-state index contributed by atoms with van der Waals surface area (Å²) < 4.78 is 5.38. The number of carbonyl (C=O) groups excluding carboxylic acids is 1. The minimum absolute atomic E-state index is 0.202. The Morgan fingerprint density at radius 3 is 2.54 bits per heavy atom. The molecule has 0 radical (unpaired) electrons. The highest BCUT2D eigenvalue weighted by molar-refractivity contribution is 6.03. The smallest absolute Gasteiger partial charge is 0.273 e. The molecule has 2 heterocycles. The van der Waals surface area contributed by atoms with Crippen LogP contribution < -0.4 is 5.32 Å². The molecule has 3 aromatic rings. The van der Waals surface area contributed by atoms with Crippen molar-refractivity contribution in [2.45, 2.75) is 13.5 Å². The number of hydrogen-bond donors (Lipinski definition) is 2. The van der Waals surface area contributed by atoms with E-state index in [-0.39, 0.29) is 5.91 Å². The van der Waals surface area contributed by atoms with E-state index in [2.05, 4.69) is 32.5 Å². The Kier molecular flexibility index (Phi) is 5.50. The van der Waals surface area contributed by atoms with Crippen molar-refractivity contribution in [1.82, 2.24) is 15.1 Å². The zero-order chi connectivity index (χ0) is 19.3. The fourth-order valence-electron chi connectivity index (χ4n) is 3.22. The van der Waals surface area contributed by atoms with Crippen LogP contribution in [0.3, 0.4) is 0 Å². The summed E-state index contributed by atoms with van der Waals surface area (Å²) in [5, 5.41) is 10.00. The van der Waals surface area contributed by atoms with E-state index in [0.29, 0.717) is 5.69 Å². The second-order valence-electron chi connectivity index (χ2n) is 7.07. The zero-order valence-electron chi connectivity index (χ0n) is 15.9. The third kappa shape index (κ3) is 4.47. The van der Waals surface area contributed by atoms with Gasteiger partial charge in [-0.05, 0) is 30.7 Å². The van der Waals surface area contributed by atoms with E-state index in [4.69, 9.17) is 4.74 Å². The quantitative estimate of drug-likeness (QED) is 0.715. The van der Waals surface area contributed by atoms with Crippen LogP contribution in [0, 0.1) is 6.92 Å². The number of anilines is 1. The van der Waals surface area contributed by atoms with Crippen molar-refractivity contribution < 1.29 is 9.53 Å². The number of hydrogen-bond acceptors (Lipinski definition) is 4. The molecule has 6 nitrogen and oxygen atoms in total. The standard InChI is InChI=1S/C22H24N4O2/c1-16-2-6-18(7-3-16)20-14-21(25-24-20)22(27)23-19-8-4-17(5-9-19)15-26-10-12-28-13-11-26/h2-9,14H,10-13,15H2,1H3,(H,23,27)(H,24,25). The minimum atomic E-state index is -0.202. The summed E-state index contributed by atoms with van der Waals surface area (Å²) >= 11 is 0. The average Bonchev–Trinajstić information content (AvgIpc) is 3.21. The fourth-order valence-corrected chi connectivity index (χ4v) is 3.22. The van der Waals surface area contributed by atoms with Crippen molar-refractivity contribution in [2.75, 3.05) is 31.6 Å². The second kappa shape index (κ2) is 8.37. The Morgan fingerprint density at radius 2 is 1.82 bits per heavy atom. The number of aryl methyl sites for hydroxylation is 1. The lowest BCUT2D eigenvalue weighted by Crippen LogP contribution is -2.35. The molecule has 0 saturated carbocycles. The lowest BCUT2D eigenvalue weighted by atomic mass is 10.1. The van der Waals surface area contributed by atoms with Gasteiger partial charge in [0.2, 0.25) is 0 Å². The zero-order valence-corrected chi connectivity index (χ0v) is 15.9. The Labute approximate surface area is 164 Å². The summed E-state index contributed by atoms with van der Waals surface area (Å²) in [6, 6.07) is 17.8. The monoisotopic (exact) mass is 376 g/mol. The number of ether oxygens (including phenoxy) is 1. The van der Waals surface area contributed by atoms with E-state index in [0.717, 1.165) is 49.8 Å². The van der Waals surface area contributed by atoms with Gasteiger partial charge in [-0.1, -0.05) is 42.0 Å². The van der Waals surface area contributed by atoms with Crippen LogP contribution >= 0.6 is 0 Å². The summed E-state index contributed by atoms with van der Waals surface area (Å²) in [7, 11) is 0. The Morgan fingerprint density at radius 1 is 1.11 bits per heavy atom. The van der Waals surface area contributed by atoms with Crippen molar-refractivity contribution in [3.05, 3.63) is 71.4 Å². The van der Waals surface area contributed by atoms with E-state index in [9.17, 15) is 4.79 Å². The molecule has 1 fully saturated rings. The average molecular weight is 376 g/mol. The maximum absolute atomic E-state index is 12.5. The van der Waals surface area contributed by atoms with Crippen LogP contribution in [0.15, 0.2) is 54.6 Å². The number of carbonyl (C=O) groups is 1. The first kappa shape index (κ1) is 18.4. The maximum Gasteiger partial charge on any atom is 0.273 e. The summed E-state index contributed by atoms with van der Waals surface area (Å²) in [5.41, 5.74) is 5.35. The molecular formula is C22H24N4O2. The maximum atomic E-state index is 12.5. The highest BCUT2D eigenvalue weighted by atomic mass is 16.5. The molecule has 1 aliphatic rings. The highest BCUT2D eigenvalue weighted by Gasteiger charge is 2.13. The number of aromatic amines is 1. The first-order chi connectivity index (χ1) is 13.7. The van der Waals surface area contributed by atoms with Gasteiger partial charge in [0.25, 0.3) is 5.91 Å². The van der Waals surface area contributed by atoms with Gasteiger partial charge in [0.1, 0.15) is 5.69 Å². The van der Waals surface area contributed by atoms with E-state index in [1.165, 1.54) is 11.1 Å². The summed E-state index contributed by atoms with van der Waals surface area (Å²) in [4.78, 5) is 14.9. The van der Waals surface area contributed by atoms with Gasteiger partial charge in [0.05, 0.1) is 18.9 Å². The molecule has 2 aromatic carbocycles. The van der Waals surface area contributed by atoms with E-state index >= 15 is 0 Å². The summed E-state index contributed by atoms with van der Waals surface area (Å²) in [6.07, 6.45) is 0. The number of morpholine rings is 1. The predicted molar refractivity (Wildman–Crippen MR) is 109 cm³/mol. The largest absolute Gasteiger partial charge is 0.379 e. The molecule has 0 aliphatic carbocycles. The van der Waals surface area contributed by atoms with E-state index < -0.39 is 0 Å². The molecule has 0 bridgehead atoms. The Bertz CT molecular complexity index is 926. The minimum Gasteiger partial charge on any atom is -0.379 e. The SMILES string of the molecule is Cc1ccc(-c2cc(C(=O)Nc3ccc(CN4CCOCC4)cc3)[nH]n2)cc1. The third-order valence-corrected chi connectivity index (χ3v) is 4.89. The van der Waals surface area contributed by atoms with Crippen molar-refractivity contribution in [3.63, 3.8) is 0 Å². The highest BCUT2D eigenvalue weighted by Crippen LogP contribution is 2.19. The molecule has 1 saturated heterocycles. The van der Waals surface area contributed by atoms with Crippen LogP contribution in [0.25, 0.3) is 11.3 Å². The predicted octanol–water partition coefficient (Wildman–Crippen LogP) is 3.47. The van der Waals surface area contributed by atoms with Gasteiger partial charge in [0, 0.05) is 30.9 Å². The van der Waals surface area contributed by atoms with Crippen LogP contribution in [0.1, 0.15) is 21.6 Å². The molecule has 2 N–H and O–H groups in total. The topological polar surface area (TPSA) is 70.2 Å². The molecule has 1 amide bonds. The third-order valence-electron chi connectivity index (χ3n) is 4.89. The van der Waals surface area contributed by atoms with Gasteiger partial charge in [-0.25, -0.2) is 0 Å². The summed E-state index contributed by atoms with van der Waals surface area (Å²) in [6.45, 7) is 6.45. The van der Waals surface area contributed by atoms with Crippen LogP contribution in [0.2, 0.25) is 0 Å². The van der Waals surface area contributed by atoms with Gasteiger partial charge in [0.15, 0.2) is 0 Å². The number of aromatic nitrogens is 2. The lowest BCUT2D eigenvalue weighted by Gasteiger charge is -2.26. The summed E-state index contributed by atoms with van der Waals surface area (Å²) in [5.74, 6) is -0.202. The molecule has 0 spiro atoms. The fraction of sp³-hybridized carbons (Fsp3) is 0.273. The van der Waals surface area contributed by atoms with E-state index in [1.54, 1.807) is 6.07 Å². The Balaban J connectivity index is 1.37. The van der Waals surface area contributed by atoms with Crippen LogP contribution in [0.4, 0.5) is 5.69 Å².